The van der Waals surface area contributed by atoms with Crippen LogP contribution >= 0.6 is 0 Å². The molecule has 0 saturated carbocycles. The van der Waals surface area contributed by atoms with Gasteiger partial charge in [-0.2, -0.15) is 0 Å². The molecule has 0 spiro atoms. The zero-order valence-corrected chi connectivity index (χ0v) is 14.2. The van der Waals surface area contributed by atoms with Crippen molar-refractivity contribution in [3.63, 3.8) is 0 Å². The quantitative estimate of drug-likeness (QED) is 0.933. The first kappa shape index (κ1) is 15.8. The summed E-state index contributed by atoms with van der Waals surface area (Å²) in [5.41, 5.74) is 2.54. The Hall–Kier alpha value is -2.08. The molecule has 0 radical (unpaired) electrons. The summed E-state index contributed by atoms with van der Waals surface area (Å²) in [6.45, 7) is 1.66. The van der Waals surface area contributed by atoms with Crippen molar-refractivity contribution in [3.8, 4) is 0 Å². The van der Waals surface area contributed by atoms with E-state index in [1.165, 1.54) is 17.5 Å². The fourth-order valence-corrected chi connectivity index (χ4v) is 3.86. The smallest absolute Gasteiger partial charge is 0.179 e. The predicted molar refractivity (Wildman–Crippen MR) is 92.9 cm³/mol. The van der Waals surface area contributed by atoms with Crippen LogP contribution in [0.25, 0.3) is 0 Å². The average Bonchev–Trinajstić information content (AvgIpc) is 2.54. The SMILES string of the molecule is CN1CCC(CNc2ncccc2S(C)(=O)=O)c2ccccc21. The molecule has 3 rings (SSSR count). The lowest BCUT2D eigenvalue weighted by atomic mass is 9.90. The molecule has 1 aliphatic rings. The number of fused-ring (bicyclic) bond motifs is 1. The molecule has 122 valence electrons. The van der Waals surface area contributed by atoms with E-state index in [-0.39, 0.29) is 4.90 Å². The van der Waals surface area contributed by atoms with Crippen LogP contribution in [0.2, 0.25) is 0 Å². The minimum Gasteiger partial charge on any atom is -0.374 e. The number of sulfone groups is 1. The van der Waals surface area contributed by atoms with Crippen LogP contribution in [0.3, 0.4) is 0 Å². The summed E-state index contributed by atoms with van der Waals surface area (Å²) in [6.07, 6.45) is 3.85. The summed E-state index contributed by atoms with van der Waals surface area (Å²) in [6, 6.07) is 11.6. The van der Waals surface area contributed by atoms with Crippen LogP contribution in [0.4, 0.5) is 11.5 Å². The molecule has 1 aromatic heterocycles. The molecule has 1 atom stereocenters. The lowest BCUT2D eigenvalue weighted by Gasteiger charge is -2.33. The first-order valence-corrected chi connectivity index (χ1v) is 9.55. The van der Waals surface area contributed by atoms with E-state index < -0.39 is 9.84 Å². The summed E-state index contributed by atoms with van der Waals surface area (Å²) in [7, 11) is -1.19. The number of aromatic nitrogens is 1. The second-order valence-electron chi connectivity index (χ2n) is 5.97. The van der Waals surface area contributed by atoms with Gasteiger partial charge in [0.25, 0.3) is 0 Å². The molecule has 1 N–H and O–H groups in total. The summed E-state index contributed by atoms with van der Waals surface area (Å²) in [4.78, 5) is 6.71. The molecular formula is C17H21N3O2S. The molecule has 23 heavy (non-hydrogen) atoms. The first-order chi connectivity index (χ1) is 11.0. The predicted octanol–water partition coefficient (Wildman–Crippen LogP) is 2.52. The van der Waals surface area contributed by atoms with E-state index in [9.17, 15) is 8.42 Å². The Morgan fingerprint density at radius 1 is 1.26 bits per heavy atom. The van der Waals surface area contributed by atoms with Gasteiger partial charge in [0.1, 0.15) is 10.7 Å². The number of pyridine rings is 1. The minimum absolute atomic E-state index is 0.251. The fourth-order valence-electron chi connectivity index (χ4n) is 3.06. The summed E-state index contributed by atoms with van der Waals surface area (Å²) in [5, 5.41) is 3.24. The highest BCUT2D eigenvalue weighted by molar-refractivity contribution is 7.90. The van der Waals surface area contributed by atoms with E-state index in [4.69, 9.17) is 0 Å². The molecule has 2 heterocycles. The van der Waals surface area contributed by atoms with Gasteiger partial charge in [0.05, 0.1) is 0 Å². The maximum Gasteiger partial charge on any atom is 0.179 e. The Morgan fingerprint density at radius 3 is 2.83 bits per heavy atom. The van der Waals surface area contributed by atoms with Crippen LogP contribution in [-0.4, -0.2) is 39.8 Å². The van der Waals surface area contributed by atoms with Crippen molar-refractivity contribution in [1.82, 2.24) is 4.98 Å². The molecule has 0 saturated heterocycles. The molecule has 1 aliphatic heterocycles. The Kier molecular flexibility index (Phi) is 4.26. The number of hydrogen-bond acceptors (Lipinski definition) is 5. The molecule has 2 aromatic rings. The average molecular weight is 331 g/mol. The van der Waals surface area contributed by atoms with E-state index in [2.05, 4.69) is 34.4 Å². The molecule has 0 amide bonds. The van der Waals surface area contributed by atoms with Crippen molar-refractivity contribution in [3.05, 3.63) is 48.2 Å². The second-order valence-corrected chi connectivity index (χ2v) is 7.95. The van der Waals surface area contributed by atoms with Gasteiger partial charge in [-0.3, -0.25) is 0 Å². The number of anilines is 2. The number of rotatable bonds is 4. The number of para-hydroxylation sites is 1. The van der Waals surface area contributed by atoms with Crippen molar-refractivity contribution < 1.29 is 8.42 Å². The summed E-state index contributed by atoms with van der Waals surface area (Å²) < 4.78 is 23.7. The zero-order valence-electron chi connectivity index (χ0n) is 13.4. The van der Waals surface area contributed by atoms with Crippen molar-refractivity contribution in [2.45, 2.75) is 17.2 Å². The highest BCUT2D eigenvalue weighted by atomic mass is 32.2. The highest BCUT2D eigenvalue weighted by Crippen LogP contribution is 2.34. The minimum atomic E-state index is -3.29. The van der Waals surface area contributed by atoms with Gasteiger partial charge in [-0.25, -0.2) is 13.4 Å². The van der Waals surface area contributed by atoms with Crippen LogP contribution in [0.15, 0.2) is 47.5 Å². The third-order valence-electron chi connectivity index (χ3n) is 4.29. The van der Waals surface area contributed by atoms with E-state index in [0.29, 0.717) is 18.3 Å². The molecule has 1 unspecified atom stereocenters. The van der Waals surface area contributed by atoms with Crippen LogP contribution in [0, 0.1) is 0 Å². The van der Waals surface area contributed by atoms with Crippen LogP contribution in [0.1, 0.15) is 17.9 Å². The van der Waals surface area contributed by atoms with E-state index in [1.807, 2.05) is 12.1 Å². The largest absolute Gasteiger partial charge is 0.374 e. The molecule has 0 fully saturated rings. The molecule has 5 nitrogen and oxygen atoms in total. The standard InChI is InChI=1S/C17H21N3O2S/c1-20-11-9-13(14-6-3-4-7-15(14)20)12-19-17-16(23(2,21)22)8-5-10-18-17/h3-8,10,13H,9,11-12H2,1-2H3,(H,18,19). The Labute approximate surface area is 137 Å². The highest BCUT2D eigenvalue weighted by Gasteiger charge is 2.23. The second kappa shape index (κ2) is 6.20. The van der Waals surface area contributed by atoms with Gasteiger partial charge in [0.2, 0.25) is 0 Å². The third kappa shape index (κ3) is 3.32. The molecule has 0 bridgehead atoms. The number of nitrogens with one attached hydrogen (secondary N) is 1. The van der Waals surface area contributed by atoms with Crippen LogP contribution in [0.5, 0.6) is 0 Å². The number of hydrogen-bond donors (Lipinski definition) is 1. The lowest BCUT2D eigenvalue weighted by Crippen LogP contribution is -2.30. The van der Waals surface area contributed by atoms with E-state index >= 15 is 0 Å². The van der Waals surface area contributed by atoms with Gasteiger partial charge in [0.15, 0.2) is 9.84 Å². The molecule has 1 aromatic carbocycles. The Balaban J connectivity index is 1.82. The Morgan fingerprint density at radius 2 is 2.04 bits per heavy atom. The topological polar surface area (TPSA) is 62.3 Å². The van der Waals surface area contributed by atoms with Crippen molar-refractivity contribution in [2.24, 2.45) is 0 Å². The van der Waals surface area contributed by atoms with Gasteiger partial charge >= 0.3 is 0 Å². The molecular weight excluding hydrogens is 310 g/mol. The van der Waals surface area contributed by atoms with Gasteiger partial charge in [-0.15, -0.1) is 0 Å². The normalized spacial score (nSPS) is 17.7. The van der Waals surface area contributed by atoms with Crippen molar-refractivity contribution in [2.75, 3.05) is 36.6 Å². The molecule has 6 heteroatoms. The van der Waals surface area contributed by atoms with Gasteiger partial charge in [-0.1, -0.05) is 18.2 Å². The van der Waals surface area contributed by atoms with Crippen molar-refractivity contribution >= 4 is 21.3 Å². The van der Waals surface area contributed by atoms with E-state index in [0.717, 1.165) is 13.0 Å². The van der Waals surface area contributed by atoms with Crippen LogP contribution < -0.4 is 10.2 Å². The third-order valence-corrected chi connectivity index (χ3v) is 5.42. The van der Waals surface area contributed by atoms with Gasteiger partial charge < -0.3 is 10.2 Å². The number of benzene rings is 1. The van der Waals surface area contributed by atoms with E-state index in [1.54, 1.807) is 18.3 Å². The van der Waals surface area contributed by atoms with Gasteiger partial charge in [0, 0.05) is 44.2 Å². The monoisotopic (exact) mass is 331 g/mol. The van der Waals surface area contributed by atoms with Gasteiger partial charge in [-0.05, 0) is 30.2 Å². The van der Waals surface area contributed by atoms with Crippen LogP contribution in [-0.2, 0) is 9.84 Å². The maximum atomic E-state index is 11.9. The Bertz CT molecular complexity index is 805. The summed E-state index contributed by atoms with van der Waals surface area (Å²) in [5.74, 6) is 0.781. The molecule has 0 aliphatic carbocycles. The fraction of sp³-hybridized carbons (Fsp3) is 0.353. The maximum absolute atomic E-state index is 11.9. The number of nitrogens with zero attached hydrogens (tertiary/aromatic N) is 2. The zero-order chi connectivity index (χ0) is 16.4. The lowest BCUT2D eigenvalue weighted by molar-refractivity contribution is 0.600. The first-order valence-electron chi connectivity index (χ1n) is 7.66. The summed E-state index contributed by atoms with van der Waals surface area (Å²) >= 11 is 0. The van der Waals surface area contributed by atoms with Crippen molar-refractivity contribution in [1.29, 1.82) is 0 Å².